The number of hydrogen-bond donors (Lipinski definition) is 2. The molecule has 0 fully saturated rings. The zero-order valence-electron chi connectivity index (χ0n) is 13.3. The number of unbranched alkanes of at least 4 members (excludes halogenated alkanes) is 1. The molecular formula is C17H28N2O2. The lowest BCUT2D eigenvalue weighted by Gasteiger charge is -2.08. The van der Waals surface area contributed by atoms with E-state index in [1.165, 1.54) is 11.1 Å². The molecule has 0 radical (unpaired) electrons. The number of amides is 2. The maximum absolute atomic E-state index is 11.6. The number of carbonyl (C=O) groups is 1. The van der Waals surface area contributed by atoms with E-state index in [2.05, 4.69) is 42.7 Å². The highest BCUT2D eigenvalue weighted by molar-refractivity contribution is 5.73. The van der Waals surface area contributed by atoms with E-state index in [1.807, 2.05) is 6.07 Å². The molecule has 0 saturated heterocycles. The molecule has 4 nitrogen and oxygen atoms in total. The van der Waals surface area contributed by atoms with Crippen LogP contribution in [0.1, 0.15) is 37.3 Å². The van der Waals surface area contributed by atoms with E-state index in [4.69, 9.17) is 4.74 Å². The van der Waals surface area contributed by atoms with Crippen molar-refractivity contribution in [3.8, 4) is 0 Å². The van der Waals surface area contributed by atoms with Gasteiger partial charge in [-0.25, -0.2) is 4.79 Å². The fourth-order valence-corrected chi connectivity index (χ4v) is 1.98. The Morgan fingerprint density at radius 3 is 2.67 bits per heavy atom. The van der Waals surface area contributed by atoms with Crippen molar-refractivity contribution in [2.75, 3.05) is 26.3 Å². The van der Waals surface area contributed by atoms with Crippen LogP contribution in [0.3, 0.4) is 0 Å². The third kappa shape index (κ3) is 9.08. The average molecular weight is 292 g/mol. The summed E-state index contributed by atoms with van der Waals surface area (Å²) in [5, 5.41) is 5.71. The predicted molar refractivity (Wildman–Crippen MR) is 86.6 cm³/mol. The van der Waals surface area contributed by atoms with Gasteiger partial charge in [-0.3, -0.25) is 0 Å². The first kappa shape index (κ1) is 17.5. The van der Waals surface area contributed by atoms with Crippen LogP contribution < -0.4 is 10.6 Å². The molecule has 1 aromatic rings. The molecular weight excluding hydrogens is 264 g/mol. The Bertz CT molecular complexity index is 408. The molecule has 0 unspecified atom stereocenters. The second-order valence-corrected chi connectivity index (χ2v) is 5.24. The SMILES string of the molecule is CCCCOCCCNC(=O)NCCc1cccc(C)c1. The number of hydrogen-bond acceptors (Lipinski definition) is 2. The Hall–Kier alpha value is -1.55. The Labute approximate surface area is 128 Å². The first-order chi connectivity index (χ1) is 10.2. The molecule has 2 amide bonds. The summed E-state index contributed by atoms with van der Waals surface area (Å²) in [6.45, 7) is 7.06. The maximum atomic E-state index is 11.6. The highest BCUT2D eigenvalue weighted by atomic mass is 16.5. The number of ether oxygens (including phenoxy) is 1. The van der Waals surface area contributed by atoms with Crippen molar-refractivity contribution >= 4 is 6.03 Å². The minimum absolute atomic E-state index is 0.101. The quantitative estimate of drug-likeness (QED) is 0.651. The molecule has 1 rings (SSSR count). The zero-order valence-corrected chi connectivity index (χ0v) is 13.3. The van der Waals surface area contributed by atoms with Crippen molar-refractivity contribution < 1.29 is 9.53 Å². The third-order valence-corrected chi connectivity index (χ3v) is 3.17. The minimum atomic E-state index is -0.101. The molecule has 0 spiro atoms. The molecule has 1 aromatic carbocycles. The number of benzene rings is 1. The zero-order chi connectivity index (χ0) is 15.3. The fourth-order valence-electron chi connectivity index (χ4n) is 1.98. The van der Waals surface area contributed by atoms with Crippen LogP contribution in [0.5, 0.6) is 0 Å². The second kappa shape index (κ2) is 11.1. The number of urea groups is 1. The van der Waals surface area contributed by atoms with Gasteiger partial charge in [-0.05, 0) is 31.7 Å². The molecule has 0 aliphatic carbocycles. The maximum Gasteiger partial charge on any atom is 0.314 e. The van der Waals surface area contributed by atoms with E-state index < -0.39 is 0 Å². The highest BCUT2D eigenvalue weighted by Gasteiger charge is 1.99. The Morgan fingerprint density at radius 2 is 1.90 bits per heavy atom. The van der Waals surface area contributed by atoms with Gasteiger partial charge in [0.25, 0.3) is 0 Å². The predicted octanol–water partition coefficient (Wildman–Crippen LogP) is 3.04. The first-order valence-electron chi connectivity index (χ1n) is 7.87. The number of nitrogens with one attached hydrogen (secondary N) is 2. The number of aryl methyl sites for hydroxylation is 1. The van der Waals surface area contributed by atoms with Crippen LogP contribution in [0.2, 0.25) is 0 Å². The van der Waals surface area contributed by atoms with Gasteiger partial charge in [0, 0.05) is 26.3 Å². The van der Waals surface area contributed by atoms with E-state index in [-0.39, 0.29) is 6.03 Å². The Balaban J connectivity index is 1.99. The summed E-state index contributed by atoms with van der Waals surface area (Å²) >= 11 is 0. The second-order valence-electron chi connectivity index (χ2n) is 5.24. The lowest BCUT2D eigenvalue weighted by molar-refractivity contribution is 0.129. The van der Waals surface area contributed by atoms with Gasteiger partial charge in [0.1, 0.15) is 0 Å². The topological polar surface area (TPSA) is 50.4 Å². The van der Waals surface area contributed by atoms with Crippen molar-refractivity contribution in [3.63, 3.8) is 0 Å². The van der Waals surface area contributed by atoms with Crippen LogP contribution in [0.4, 0.5) is 4.79 Å². The molecule has 4 heteroatoms. The Morgan fingerprint density at radius 1 is 1.14 bits per heavy atom. The summed E-state index contributed by atoms with van der Waals surface area (Å²) in [4.78, 5) is 11.6. The van der Waals surface area contributed by atoms with Crippen LogP contribution in [-0.2, 0) is 11.2 Å². The average Bonchev–Trinajstić information content (AvgIpc) is 2.46. The van der Waals surface area contributed by atoms with E-state index >= 15 is 0 Å². The van der Waals surface area contributed by atoms with Crippen LogP contribution >= 0.6 is 0 Å². The van der Waals surface area contributed by atoms with Gasteiger partial charge in [0.2, 0.25) is 0 Å². The summed E-state index contributed by atoms with van der Waals surface area (Å²) in [6, 6.07) is 8.25. The van der Waals surface area contributed by atoms with Gasteiger partial charge < -0.3 is 15.4 Å². The molecule has 118 valence electrons. The highest BCUT2D eigenvalue weighted by Crippen LogP contribution is 2.03. The van der Waals surface area contributed by atoms with Gasteiger partial charge in [-0.2, -0.15) is 0 Å². The largest absolute Gasteiger partial charge is 0.381 e. The standard InChI is InChI=1S/C17H28N2O2/c1-3-4-12-21-13-6-10-18-17(20)19-11-9-16-8-5-7-15(2)14-16/h5,7-8,14H,3-4,6,9-13H2,1-2H3,(H2,18,19,20). The summed E-state index contributed by atoms with van der Waals surface area (Å²) in [5.41, 5.74) is 2.50. The van der Waals surface area contributed by atoms with Crippen LogP contribution in [0.25, 0.3) is 0 Å². The summed E-state index contributed by atoms with van der Waals surface area (Å²) < 4.78 is 5.43. The molecule has 2 N–H and O–H groups in total. The Kier molecular flexibility index (Phi) is 9.29. The van der Waals surface area contributed by atoms with Crippen molar-refractivity contribution in [2.45, 2.75) is 39.5 Å². The fraction of sp³-hybridized carbons (Fsp3) is 0.588. The minimum Gasteiger partial charge on any atom is -0.381 e. The van der Waals surface area contributed by atoms with E-state index in [0.717, 1.165) is 32.3 Å². The molecule has 21 heavy (non-hydrogen) atoms. The van der Waals surface area contributed by atoms with Gasteiger partial charge >= 0.3 is 6.03 Å². The van der Waals surface area contributed by atoms with Crippen LogP contribution in [-0.4, -0.2) is 32.3 Å². The lowest BCUT2D eigenvalue weighted by Crippen LogP contribution is -2.37. The lowest BCUT2D eigenvalue weighted by atomic mass is 10.1. The normalized spacial score (nSPS) is 10.4. The summed E-state index contributed by atoms with van der Waals surface area (Å²) in [7, 11) is 0. The summed E-state index contributed by atoms with van der Waals surface area (Å²) in [5.74, 6) is 0. The van der Waals surface area contributed by atoms with Gasteiger partial charge in [0.15, 0.2) is 0 Å². The van der Waals surface area contributed by atoms with Crippen molar-refractivity contribution in [1.82, 2.24) is 10.6 Å². The van der Waals surface area contributed by atoms with Crippen LogP contribution in [0, 0.1) is 6.92 Å². The van der Waals surface area contributed by atoms with E-state index in [0.29, 0.717) is 19.7 Å². The molecule has 0 bridgehead atoms. The molecule has 0 aliphatic rings. The molecule has 0 aromatic heterocycles. The smallest absolute Gasteiger partial charge is 0.314 e. The summed E-state index contributed by atoms with van der Waals surface area (Å²) in [6.07, 6.45) is 3.97. The number of carbonyl (C=O) groups excluding carboxylic acids is 1. The first-order valence-corrected chi connectivity index (χ1v) is 7.87. The third-order valence-electron chi connectivity index (χ3n) is 3.17. The molecule has 0 aliphatic heterocycles. The van der Waals surface area contributed by atoms with Gasteiger partial charge in [0.05, 0.1) is 0 Å². The monoisotopic (exact) mass is 292 g/mol. The van der Waals surface area contributed by atoms with Crippen molar-refractivity contribution in [1.29, 1.82) is 0 Å². The van der Waals surface area contributed by atoms with Gasteiger partial charge in [-0.15, -0.1) is 0 Å². The van der Waals surface area contributed by atoms with E-state index in [1.54, 1.807) is 0 Å². The van der Waals surface area contributed by atoms with Gasteiger partial charge in [-0.1, -0.05) is 43.2 Å². The van der Waals surface area contributed by atoms with Crippen molar-refractivity contribution in [3.05, 3.63) is 35.4 Å². The molecule has 0 atom stereocenters. The number of rotatable bonds is 10. The van der Waals surface area contributed by atoms with E-state index in [9.17, 15) is 4.79 Å². The van der Waals surface area contributed by atoms with Crippen molar-refractivity contribution in [2.24, 2.45) is 0 Å². The van der Waals surface area contributed by atoms with Crippen LogP contribution in [0.15, 0.2) is 24.3 Å². The molecule has 0 saturated carbocycles. The molecule has 0 heterocycles.